The summed E-state index contributed by atoms with van der Waals surface area (Å²) < 4.78 is 1.16. The highest BCUT2D eigenvalue weighted by Gasteiger charge is 2.36. The number of benzene rings is 1. The lowest BCUT2D eigenvalue weighted by Gasteiger charge is -2.07. The summed E-state index contributed by atoms with van der Waals surface area (Å²) in [4.78, 5) is 4.54. The molecular weight excluding hydrogens is 218 g/mol. The number of hydrogen-bond donors (Lipinski definition) is 2. The summed E-state index contributed by atoms with van der Waals surface area (Å²) in [5, 5.41) is 4.43. The van der Waals surface area contributed by atoms with E-state index >= 15 is 0 Å². The molecule has 3 N–H and O–H groups in total. The zero-order valence-corrected chi connectivity index (χ0v) is 10.1. The van der Waals surface area contributed by atoms with Crippen LogP contribution in [0.4, 0.5) is 10.8 Å². The zero-order valence-electron chi connectivity index (χ0n) is 9.29. The van der Waals surface area contributed by atoms with Crippen molar-refractivity contribution in [3.63, 3.8) is 0 Å². The zero-order chi connectivity index (χ0) is 11.2. The molecule has 3 rings (SSSR count). The van der Waals surface area contributed by atoms with Gasteiger partial charge in [-0.15, -0.1) is 0 Å². The van der Waals surface area contributed by atoms with Crippen LogP contribution in [0.15, 0.2) is 18.2 Å². The number of fused-ring (bicyclic) bond motifs is 1. The van der Waals surface area contributed by atoms with E-state index in [0.717, 1.165) is 27.6 Å². The van der Waals surface area contributed by atoms with Crippen LogP contribution in [-0.2, 0) is 0 Å². The Morgan fingerprint density at radius 1 is 1.50 bits per heavy atom. The standard InChI is InChI=1S/C12H15N3S/c1-12(4-5-12)7-14-11-15-9-3-2-8(13)6-10(9)16-11/h2-3,6H,4-5,7,13H2,1H3,(H,14,15). The van der Waals surface area contributed by atoms with Crippen LogP contribution in [0.3, 0.4) is 0 Å². The molecule has 4 heteroatoms. The summed E-state index contributed by atoms with van der Waals surface area (Å²) in [6.07, 6.45) is 2.66. The number of nitrogen functional groups attached to an aromatic ring is 1. The van der Waals surface area contributed by atoms with E-state index in [1.165, 1.54) is 12.8 Å². The van der Waals surface area contributed by atoms with Crippen LogP contribution in [0.25, 0.3) is 10.2 Å². The molecule has 0 aliphatic heterocycles. The van der Waals surface area contributed by atoms with E-state index in [1.807, 2.05) is 18.2 Å². The Morgan fingerprint density at radius 3 is 3.06 bits per heavy atom. The lowest BCUT2D eigenvalue weighted by molar-refractivity contribution is 0.610. The molecule has 3 nitrogen and oxygen atoms in total. The van der Waals surface area contributed by atoms with Crippen LogP contribution in [0.1, 0.15) is 19.8 Å². The van der Waals surface area contributed by atoms with Crippen molar-refractivity contribution in [2.45, 2.75) is 19.8 Å². The molecule has 1 aliphatic carbocycles. The van der Waals surface area contributed by atoms with Crippen LogP contribution >= 0.6 is 11.3 Å². The van der Waals surface area contributed by atoms with Crippen molar-refractivity contribution in [2.24, 2.45) is 5.41 Å². The number of thiazole rings is 1. The second-order valence-corrected chi connectivity index (χ2v) is 5.94. The van der Waals surface area contributed by atoms with Crippen LogP contribution < -0.4 is 11.1 Å². The number of nitrogens with one attached hydrogen (secondary N) is 1. The van der Waals surface area contributed by atoms with Crippen LogP contribution in [0.5, 0.6) is 0 Å². The molecule has 1 fully saturated rings. The maximum Gasteiger partial charge on any atom is 0.183 e. The van der Waals surface area contributed by atoms with E-state index in [9.17, 15) is 0 Å². The van der Waals surface area contributed by atoms with Gasteiger partial charge in [0.25, 0.3) is 0 Å². The Bertz CT molecular complexity index is 528. The van der Waals surface area contributed by atoms with Crippen molar-refractivity contribution in [1.29, 1.82) is 0 Å². The van der Waals surface area contributed by atoms with Gasteiger partial charge in [-0.25, -0.2) is 4.98 Å². The van der Waals surface area contributed by atoms with Crippen molar-refractivity contribution < 1.29 is 0 Å². The average molecular weight is 233 g/mol. The topological polar surface area (TPSA) is 50.9 Å². The summed E-state index contributed by atoms with van der Waals surface area (Å²) in [6.45, 7) is 3.34. The molecule has 2 aromatic rings. The Labute approximate surface area is 98.7 Å². The normalized spacial score (nSPS) is 17.6. The second-order valence-electron chi connectivity index (χ2n) is 4.91. The number of anilines is 2. The smallest absolute Gasteiger partial charge is 0.183 e. The van der Waals surface area contributed by atoms with Gasteiger partial charge in [0.1, 0.15) is 0 Å². The van der Waals surface area contributed by atoms with Crippen molar-refractivity contribution in [2.75, 3.05) is 17.6 Å². The molecule has 0 radical (unpaired) electrons. The minimum atomic E-state index is 0.511. The van der Waals surface area contributed by atoms with Gasteiger partial charge in [-0.1, -0.05) is 18.3 Å². The highest BCUT2D eigenvalue weighted by Crippen LogP contribution is 2.45. The first-order valence-corrected chi connectivity index (χ1v) is 6.36. The lowest BCUT2D eigenvalue weighted by Crippen LogP contribution is -2.11. The van der Waals surface area contributed by atoms with E-state index in [-0.39, 0.29) is 0 Å². The largest absolute Gasteiger partial charge is 0.399 e. The minimum absolute atomic E-state index is 0.511. The molecule has 16 heavy (non-hydrogen) atoms. The fraction of sp³-hybridized carbons (Fsp3) is 0.417. The van der Waals surface area contributed by atoms with E-state index in [4.69, 9.17) is 5.73 Å². The maximum absolute atomic E-state index is 5.74. The molecular formula is C12H15N3S. The summed E-state index contributed by atoms with van der Waals surface area (Å²) in [6, 6.07) is 5.86. The molecule has 1 aliphatic rings. The van der Waals surface area contributed by atoms with Gasteiger partial charge in [-0.3, -0.25) is 0 Å². The Balaban J connectivity index is 1.82. The minimum Gasteiger partial charge on any atom is -0.399 e. The molecule has 0 unspecified atom stereocenters. The lowest BCUT2D eigenvalue weighted by atomic mass is 10.1. The molecule has 84 valence electrons. The van der Waals surface area contributed by atoms with Gasteiger partial charge in [0.15, 0.2) is 5.13 Å². The second kappa shape index (κ2) is 3.35. The monoisotopic (exact) mass is 233 g/mol. The fourth-order valence-corrected chi connectivity index (χ4v) is 2.61. The highest BCUT2D eigenvalue weighted by molar-refractivity contribution is 7.22. The van der Waals surface area contributed by atoms with Crippen molar-refractivity contribution in [1.82, 2.24) is 4.98 Å². The molecule has 0 atom stereocenters. The summed E-state index contributed by atoms with van der Waals surface area (Å²) in [5.41, 5.74) is 8.09. The van der Waals surface area contributed by atoms with Crippen molar-refractivity contribution >= 4 is 32.4 Å². The quantitative estimate of drug-likeness (QED) is 0.801. The first-order valence-electron chi connectivity index (χ1n) is 5.55. The molecule has 1 aromatic carbocycles. The molecule has 1 saturated carbocycles. The maximum atomic E-state index is 5.74. The Hall–Kier alpha value is -1.29. The third kappa shape index (κ3) is 1.85. The number of aromatic nitrogens is 1. The summed E-state index contributed by atoms with van der Waals surface area (Å²) in [5.74, 6) is 0. The van der Waals surface area contributed by atoms with Crippen LogP contribution in [0.2, 0.25) is 0 Å². The highest BCUT2D eigenvalue weighted by atomic mass is 32.1. The van der Waals surface area contributed by atoms with Gasteiger partial charge >= 0.3 is 0 Å². The first-order chi connectivity index (χ1) is 7.65. The molecule has 1 heterocycles. The van der Waals surface area contributed by atoms with E-state index < -0.39 is 0 Å². The SMILES string of the molecule is CC1(CNc2nc3ccc(N)cc3s2)CC1. The van der Waals surface area contributed by atoms with Crippen molar-refractivity contribution in [3.05, 3.63) is 18.2 Å². The van der Waals surface area contributed by atoms with Crippen LogP contribution in [0, 0.1) is 5.41 Å². The Morgan fingerprint density at radius 2 is 2.31 bits per heavy atom. The number of nitrogens with zero attached hydrogens (tertiary/aromatic N) is 1. The van der Waals surface area contributed by atoms with Gasteiger partial charge in [0.05, 0.1) is 10.2 Å². The van der Waals surface area contributed by atoms with Gasteiger partial charge in [-0.05, 0) is 36.5 Å². The predicted molar refractivity (Wildman–Crippen MR) is 69.9 cm³/mol. The van der Waals surface area contributed by atoms with Gasteiger partial charge in [0, 0.05) is 12.2 Å². The Kier molecular flexibility index (Phi) is 2.07. The molecule has 1 aromatic heterocycles. The third-order valence-electron chi connectivity index (χ3n) is 3.18. The van der Waals surface area contributed by atoms with E-state index in [0.29, 0.717) is 5.41 Å². The van der Waals surface area contributed by atoms with Crippen LogP contribution in [-0.4, -0.2) is 11.5 Å². The fourth-order valence-electron chi connectivity index (χ4n) is 1.70. The summed E-state index contributed by atoms with van der Waals surface area (Å²) in [7, 11) is 0. The van der Waals surface area contributed by atoms with E-state index in [1.54, 1.807) is 11.3 Å². The molecule has 0 spiro atoms. The van der Waals surface area contributed by atoms with Gasteiger partial charge < -0.3 is 11.1 Å². The van der Waals surface area contributed by atoms with Crippen molar-refractivity contribution in [3.8, 4) is 0 Å². The predicted octanol–water partition coefficient (Wildman–Crippen LogP) is 3.09. The summed E-state index contributed by atoms with van der Waals surface area (Å²) >= 11 is 1.68. The first kappa shape index (κ1) is 9.90. The third-order valence-corrected chi connectivity index (χ3v) is 4.16. The number of nitrogens with two attached hydrogens (primary N) is 1. The molecule has 0 amide bonds. The van der Waals surface area contributed by atoms with Gasteiger partial charge in [0.2, 0.25) is 0 Å². The van der Waals surface area contributed by atoms with E-state index in [2.05, 4.69) is 17.2 Å². The number of hydrogen-bond acceptors (Lipinski definition) is 4. The molecule has 0 saturated heterocycles. The number of rotatable bonds is 3. The molecule has 0 bridgehead atoms. The van der Waals surface area contributed by atoms with Gasteiger partial charge in [-0.2, -0.15) is 0 Å². The average Bonchev–Trinajstić information content (AvgIpc) is 2.85.